The van der Waals surface area contributed by atoms with Crippen molar-refractivity contribution in [3.8, 4) is 0 Å². The molecule has 32 heavy (non-hydrogen) atoms. The lowest BCUT2D eigenvalue weighted by Gasteiger charge is -2.30. The Kier molecular flexibility index (Phi) is 5.90. The molecule has 9 heteroatoms. The van der Waals surface area contributed by atoms with Gasteiger partial charge in [0.25, 0.3) is 15.9 Å². The maximum Gasteiger partial charge on any atom is 0.335 e. The molecule has 0 saturated heterocycles. The standard InChI is InChI=1S/C23H19ClN2O5S/c24-20-11-10-18(32(30,31)26-12-4-7-15-5-1-2-9-21(15)26)14-19(20)22(27)25-17-8-3-6-16(13-17)23(28)29/h1-3,5-6,8-11,13-14H,4,7,12H2,(H,25,27)(H,28,29). The molecule has 0 unspecified atom stereocenters. The summed E-state index contributed by atoms with van der Waals surface area (Å²) < 4.78 is 28.2. The highest BCUT2D eigenvalue weighted by atomic mass is 35.5. The number of halogens is 1. The van der Waals surface area contributed by atoms with Gasteiger partial charge in [0.05, 0.1) is 26.7 Å². The van der Waals surface area contributed by atoms with Gasteiger partial charge in [-0.15, -0.1) is 0 Å². The first-order chi connectivity index (χ1) is 15.3. The minimum Gasteiger partial charge on any atom is -0.478 e. The Morgan fingerprint density at radius 3 is 2.56 bits per heavy atom. The molecule has 164 valence electrons. The third-order valence-electron chi connectivity index (χ3n) is 5.21. The average molecular weight is 471 g/mol. The van der Waals surface area contributed by atoms with Crippen molar-refractivity contribution in [2.24, 2.45) is 0 Å². The molecular weight excluding hydrogens is 452 g/mol. The van der Waals surface area contributed by atoms with Gasteiger partial charge in [-0.1, -0.05) is 35.9 Å². The number of fused-ring (bicyclic) bond motifs is 1. The van der Waals surface area contributed by atoms with Gasteiger partial charge in [-0.3, -0.25) is 9.10 Å². The lowest BCUT2D eigenvalue weighted by atomic mass is 10.0. The van der Waals surface area contributed by atoms with E-state index in [0.29, 0.717) is 18.7 Å². The number of hydrogen-bond donors (Lipinski definition) is 2. The van der Waals surface area contributed by atoms with E-state index < -0.39 is 21.9 Å². The number of carboxylic acids is 1. The van der Waals surface area contributed by atoms with Crippen LogP contribution in [0.15, 0.2) is 71.6 Å². The zero-order valence-corrected chi connectivity index (χ0v) is 18.4. The van der Waals surface area contributed by atoms with Gasteiger partial charge in [0, 0.05) is 12.2 Å². The van der Waals surface area contributed by atoms with Crippen molar-refractivity contribution in [3.05, 3.63) is 88.4 Å². The largest absolute Gasteiger partial charge is 0.478 e. The van der Waals surface area contributed by atoms with E-state index in [0.717, 1.165) is 12.0 Å². The molecule has 0 fully saturated rings. The molecule has 1 amide bonds. The van der Waals surface area contributed by atoms with Crippen LogP contribution in [0, 0.1) is 0 Å². The van der Waals surface area contributed by atoms with Crippen LogP contribution in [-0.2, 0) is 16.4 Å². The van der Waals surface area contributed by atoms with Gasteiger partial charge in [0.15, 0.2) is 0 Å². The molecule has 3 aromatic rings. The summed E-state index contributed by atoms with van der Waals surface area (Å²) in [5, 5.41) is 11.8. The lowest BCUT2D eigenvalue weighted by Crippen LogP contribution is -2.35. The van der Waals surface area contributed by atoms with Crippen LogP contribution in [-0.4, -0.2) is 31.9 Å². The molecule has 0 aliphatic carbocycles. The van der Waals surface area contributed by atoms with Gasteiger partial charge in [-0.25, -0.2) is 13.2 Å². The maximum absolute atomic E-state index is 13.4. The van der Waals surface area contributed by atoms with Gasteiger partial charge < -0.3 is 10.4 Å². The number of rotatable bonds is 5. The summed E-state index contributed by atoms with van der Waals surface area (Å²) in [7, 11) is -3.92. The van der Waals surface area contributed by atoms with E-state index in [2.05, 4.69) is 5.32 Å². The molecule has 0 aromatic heterocycles. The lowest BCUT2D eigenvalue weighted by molar-refractivity contribution is 0.0696. The van der Waals surface area contributed by atoms with Gasteiger partial charge in [0.1, 0.15) is 0 Å². The van der Waals surface area contributed by atoms with Crippen molar-refractivity contribution in [1.82, 2.24) is 0 Å². The van der Waals surface area contributed by atoms with Crippen molar-refractivity contribution in [3.63, 3.8) is 0 Å². The Bertz CT molecular complexity index is 1320. The zero-order chi connectivity index (χ0) is 22.9. The number of amides is 1. The van der Waals surface area contributed by atoms with Gasteiger partial charge in [0.2, 0.25) is 0 Å². The van der Waals surface area contributed by atoms with E-state index in [9.17, 15) is 18.0 Å². The van der Waals surface area contributed by atoms with Crippen LogP contribution in [0.3, 0.4) is 0 Å². The number of carbonyl (C=O) groups excluding carboxylic acids is 1. The van der Waals surface area contributed by atoms with Gasteiger partial charge in [-0.2, -0.15) is 0 Å². The number of carboxylic acid groups (broad SMARTS) is 1. The number of anilines is 2. The van der Waals surface area contributed by atoms with Crippen LogP contribution >= 0.6 is 11.6 Å². The Morgan fingerprint density at radius 1 is 1.00 bits per heavy atom. The molecule has 2 N–H and O–H groups in total. The number of carbonyl (C=O) groups is 2. The second-order valence-corrected chi connectivity index (χ2v) is 9.56. The highest BCUT2D eigenvalue weighted by Gasteiger charge is 2.30. The fourth-order valence-electron chi connectivity index (χ4n) is 3.64. The summed E-state index contributed by atoms with van der Waals surface area (Å²) in [6.07, 6.45) is 1.49. The highest BCUT2D eigenvalue weighted by molar-refractivity contribution is 7.92. The van der Waals surface area contributed by atoms with E-state index in [-0.39, 0.29) is 26.7 Å². The van der Waals surface area contributed by atoms with E-state index in [1.165, 1.54) is 46.8 Å². The number of benzene rings is 3. The molecule has 0 radical (unpaired) electrons. The van der Waals surface area contributed by atoms with Crippen LogP contribution in [0.5, 0.6) is 0 Å². The van der Waals surface area contributed by atoms with E-state index in [1.807, 2.05) is 12.1 Å². The van der Waals surface area contributed by atoms with E-state index in [4.69, 9.17) is 16.7 Å². The number of aryl methyl sites for hydroxylation is 1. The fraction of sp³-hybridized carbons (Fsp3) is 0.130. The molecule has 0 atom stereocenters. The highest BCUT2D eigenvalue weighted by Crippen LogP contribution is 2.33. The summed E-state index contributed by atoms with van der Waals surface area (Å²) in [5.41, 5.74) is 1.81. The number of hydrogen-bond acceptors (Lipinski definition) is 4. The van der Waals surface area contributed by atoms with Gasteiger partial charge in [-0.05, 0) is 60.9 Å². The monoisotopic (exact) mass is 470 g/mol. The Morgan fingerprint density at radius 2 is 1.78 bits per heavy atom. The molecule has 3 aromatic carbocycles. The summed E-state index contributed by atoms with van der Waals surface area (Å²) in [6.45, 7) is 0.339. The summed E-state index contributed by atoms with van der Waals surface area (Å²) in [5.74, 6) is -1.78. The Balaban J connectivity index is 1.66. The minimum absolute atomic E-state index is 0.00832. The zero-order valence-electron chi connectivity index (χ0n) is 16.8. The molecular formula is C23H19ClN2O5S. The second-order valence-electron chi connectivity index (χ2n) is 7.29. The first kappa shape index (κ1) is 21.9. The second kappa shape index (κ2) is 8.64. The fourth-order valence-corrected chi connectivity index (χ4v) is 5.41. The topological polar surface area (TPSA) is 104 Å². The van der Waals surface area contributed by atoms with E-state index in [1.54, 1.807) is 12.1 Å². The molecule has 1 heterocycles. The predicted molar refractivity (Wildman–Crippen MR) is 122 cm³/mol. The molecule has 1 aliphatic rings. The van der Waals surface area contributed by atoms with Crippen LogP contribution in [0.4, 0.5) is 11.4 Å². The number of aromatic carboxylic acids is 1. The molecule has 0 spiro atoms. The van der Waals surface area contributed by atoms with Crippen LogP contribution < -0.4 is 9.62 Å². The van der Waals surface area contributed by atoms with Crippen LogP contribution in [0.2, 0.25) is 5.02 Å². The van der Waals surface area contributed by atoms with Crippen molar-refractivity contribution in [1.29, 1.82) is 0 Å². The summed E-state index contributed by atoms with van der Waals surface area (Å²) >= 11 is 6.19. The number of nitrogens with one attached hydrogen (secondary N) is 1. The van der Waals surface area contributed by atoms with E-state index >= 15 is 0 Å². The maximum atomic E-state index is 13.4. The Hall–Kier alpha value is -3.36. The normalized spacial score (nSPS) is 13.3. The number of sulfonamides is 1. The first-order valence-corrected chi connectivity index (χ1v) is 11.6. The average Bonchev–Trinajstić information content (AvgIpc) is 2.79. The molecule has 0 saturated carbocycles. The first-order valence-electron chi connectivity index (χ1n) is 9.82. The molecule has 1 aliphatic heterocycles. The molecule has 0 bridgehead atoms. The number of para-hydroxylation sites is 1. The predicted octanol–water partition coefficient (Wildman–Crippen LogP) is 4.43. The van der Waals surface area contributed by atoms with Crippen molar-refractivity contribution in [2.75, 3.05) is 16.2 Å². The van der Waals surface area contributed by atoms with Crippen molar-refractivity contribution in [2.45, 2.75) is 17.7 Å². The summed E-state index contributed by atoms with van der Waals surface area (Å²) in [4.78, 5) is 23.9. The summed E-state index contributed by atoms with van der Waals surface area (Å²) in [6, 6.07) is 17.0. The Labute approximate surface area is 190 Å². The smallest absolute Gasteiger partial charge is 0.335 e. The van der Waals surface area contributed by atoms with Gasteiger partial charge >= 0.3 is 5.97 Å². The van der Waals surface area contributed by atoms with Crippen LogP contribution in [0.25, 0.3) is 0 Å². The molecule has 4 rings (SSSR count). The van der Waals surface area contributed by atoms with Crippen molar-refractivity contribution < 1.29 is 23.1 Å². The number of nitrogens with zero attached hydrogens (tertiary/aromatic N) is 1. The quantitative estimate of drug-likeness (QED) is 0.574. The molecule has 7 nitrogen and oxygen atoms in total. The van der Waals surface area contributed by atoms with Crippen molar-refractivity contribution >= 4 is 44.9 Å². The van der Waals surface area contributed by atoms with Crippen LogP contribution in [0.1, 0.15) is 32.7 Å². The SMILES string of the molecule is O=C(O)c1cccc(NC(=O)c2cc(S(=O)(=O)N3CCCc4ccccc43)ccc2Cl)c1. The minimum atomic E-state index is -3.92. The third-order valence-corrected chi connectivity index (χ3v) is 7.34. The third kappa shape index (κ3) is 4.19.